The van der Waals surface area contributed by atoms with Crippen molar-refractivity contribution in [3.63, 3.8) is 0 Å². The molecule has 0 radical (unpaired) electrons. The number of carbonyl (C=O) groups excluding carboxylic acids is 1. The van der Waals surface area contributed by atoms with Crippen molar-refractivity contribution < 1.29 is 9.53 Å². The fourth-order valence-electron chi connectivity index (χ4n) is 3.85. The molecule has 2 aromatic carbocycles. The zero-order chi connectivity index (χ0) is 20.3. The number of ether oxygens (including phenoxy) is 1. The zero-order valence-electron chi connectivity index (χ0n) is 16.3. The molecule has 0 bridgehead atoms. The van der Waals surface area contributed by atoms with E-state index in [9.17, 15) is 4.79 Å². The first-order valence-corrected chi connectivity index (χ1v) is 11.0. The maximum atomic E-state index is 13.3. The summed E-state index contributed by atoms with van der Waals surface area (Å²) in [4.78, 5) is 16.7. The van der Waals surface area contributed by atoms with Gasteiger partial charge in [-0.15, -0.1) is 5.10 Å². The van der Waals surface area contributed by atoms with Crippen molar-refractivity contribution in [2.75, 3.05) is 12.4 Å². The van der Waals surface area contributed by atoms with Crippen LogP contribution >= 0.6 is 11.8 Å². The lowest BCUT2D eigenvalue weighted by atomic mass is 10.0. The lowest BCUT2D eigenvalue weighted by molar-refractivity contribution is 0.0912. The van der Waals surface area contributed by atoms with Gasteiger partial charge >= 0.3 is 0 Å². The molecular formula is C22H21N5O2S. The molecule has 3 heterocycles. The Morgan fingerprint density at radius 1 is 1.17 bits per heavy atom. The summed E-state index contributed by atoms with van der Waals surface area (Å²) in [6.07, 6.45) is 2.22. The molecule has 30 heavy (non-hydrogen) atoms. The summed E-state index contributed by atoms with van der Waals surface area (Å²) in [5.41, 5.74) is 3.50. The van der Waals surface area contributed by atoms with Crippen LogP contribution in [0.25, 0.3) is 22.2 Å². The Bertz CT molecular complexity index is 1160. The number of carbonyl (C=O) groups is 1. The minimum atomic E-state index is 0.0444. The van der Waals surface area contributed by atoms with Gasteiger partial charge in [0.25, 0.3) is 0 Å². The van der Waals surface area contributed by atoms with Gasteiger partial charge in [-0.25, -0.2) is 4.68 Å². The van der Waals surface area contributed by atoms with Gasteiger partial charge in [-0.3, -0.25) is 4.79 Å². The minimum Gasteiger partial charge on any atom is -0.376 e. The number of benzene rings is 2. The highest BCUT2D eigenvalue weighted by Gasteiger charge is 2.22. The number of hydrogen-bond acceptors (Lipinski definition) is 6. The van der Waals surface area contributed by atoms with Gasteiger partial charge in [0.05, 0.1) is 29.7 Å². The smallest absolute Gasteiger partial charge is 0.209 e. The summed E-state index contributed by atoms with van der Waals surface area (Å²) in [6.45, 7) is 1.41. The summed E-state index contributed by atoms with van der Waals surface area (Å²) in [6, 6.07) is 17.8. The highest BCUT2D eigenvalue weighted by molar-refractivity contribution is 7.99. The Kier molecular flexibility index (Phi) is 5.33. The van der Waals surface area contributed by atoms with Crippen molar-refractivity contribution in [3.05, 3.63) is 60.2 Å². The van der Waals surface area contributed by atoms with Crippen LogP contribution in [0.15, 0.2) is 59.8 Å². The van der Waals surface area contributed by atoms with Crippen LogP contribution in [0.3, 0.4) is 0 Å². The summed E-state index contributed by atoms with van der Waals surface area (Å²) in [7, 11) is 0. The largest absolute Gasteiger partial charge is 0.376 e. The molecule has 1 N–H and O–H groups in total. The average molecular weight is 420 g/mol. The number of aromatic amines is 1. The van der Waals surface area contributed by atoms with Gasteiger partial charge in [-0.05, 0) is 34.9 Å². The zero-order valence-corrected chi connectivity index (χ0v) is 17.1. The van der Waals surface area contributed by atoms with Crippen LogP contribution in [-0.2, 0) is 11.3 Å². The fourth-order valence-corrected chi connectivity index (χ4v) is 4.61. The van der Waals surface area contributed by atoms with E-state index in [2.05, 4.69) is 20.5 Å². The number of para-hydroxylation sites is 1. The Labute approximate surface area is 177 Å². The van der Waals surface area contributed by atoms with E-state index in [4.69, 9.17) is 4.74 Å². The highest BCUT2D eigenvalue weighted by atomic mass is 32.2. The number of tetrazole rings is 1. The lowest BCUT2D eigenvalue weighted by Gasteiger charge is -2.10. The van der Waals surface area contributed by atoms with Crippen LogP contribution in [0.4, 0.5) is 0 Å². The molecular weight excluding hydrogens is 398 g/mol. The number of nitrogens with one attached hydrogen (secondary N) is 1. The molecule has 7 nitrogen and oxygen atoms in total. The summed E-state index contributed by atoms with van der Waals surface area (Å²) >= 11 is 1.36. The number of rotatable bonds is 7. The van der Waals surface area contributed by atoms with Crippen LogP contribution in [-0.4, -0.2) is 49.4 Å². The van der Waals surface area contributed by atoms with Crippen LogP contribution in [0.1, 0.15) is 23.2 Å². The van der Waals surface area contributed by atoms with E-state index >= 15 is 0 Å². The monoisotopic (exact) mass is 419 g/mol. The third kappa shape index (κ3) is 3.76. The third-order valence-electron chi connectivity index (χ3n) is 5.28. The third-order valence-corrected chi connectivity index (χ3v) is 6.24. The number of fused-ring (bicyclic) bond motifs is 1. The number of aromatic nitrogens is 5. The van der Waals surface area contributed by atoms with Gasteiger partial charge in [0.2, 0.25) is 5.16 Å². The van der Waals surface area contributed by atoms with Crippen LogP contribution in [0, 0.1) is 0 Å². The molecule has 0 aliphatic carbocycles. The molecule has 152 valence electrons. The standard InChI is InChI=1S/C22H21N5O2S/c28-19(14-30-22-24-25-26-27(22)13-16-9-6-12-29-16)20-17-10-4-5-11-18(17)23-21(20)15-7-2-1-3-8-15/h1-5,7-8,10-11,16,23H,6,9,12-14H2/t16-/m0/s1. The number of thioether (sulfide) groups is 1. The molecule has 5 rings (SSSR count). The Morgan fingerprint density at radius 3 is 2.83 bits per heavy atom. The van der Waals surface area contributed by atoms with Crippen LogP contribution in [0.2, 0.25) is 0 Å². The van der Waals surface area contributed by atoms with Gasteiger partial charge in [-0.2, -0.15) is 0 Å². The van der Waals surface area contributed by atoms with Gasteiger partial charge in [0.15, 0.2) is 5.78 Å². The average Bonchev–Trinajstić information content (AvgIpc) is 3.53. The maximum Gasteiger partial charge on any atom is 0.209 e. The topological polar surface area (TPSA) is 85.7 Å². The molecule has 0 unspecified atom stereocenters. The van der Waals surface area contributed by atoms with Gasteiger partial charge < -0.3 is 9.72 Å². The Balaban J connectivity index is 1.40. The fraction of sp³-hybridized carbons (Fsp3) is 0.273. The Hall–Kier alpha value is -2.97. The number of nitrogens with zero attached hydrogens (tertiary/aromatic N) is 4. The van der Waals surface area contributed by atoms with Gasteiger partial charge in [0.1, 0.15) is 0 Å². The molecule has 2 aromatic heterocycles. The molecule has 0 spiro atoms. The SMILES string of the molecule is O=C(CSc1nnnn1C[C@@H]1CCCO1)c1c(-c2ccccc2)[nH]c2ccccc12. The molecule has 1 atom stereocenters. The van der Waals surface area contributed by atoms with Crippen molar-refractivity contribution in [2.45, 2.75) is 30.6 Å². The molecule has 0 amide bonds. The van der Waals surface area contributed by atoms with Gasteiger partial charge in [0, 0.05) is 17.5 Å². The second-order valence-corrected chi connectivity index (χ2v) is 8.22. The van der Waals surface area contributed by atoms with Crippen molar-refractivity contribution in [1.82, 2.24) is 25.2 Å². The molecule has 0 saturated carbocycles. The van der Waals surface area contributed by atoms with E-state index < -0.39 is 0 Å². The normalized spacial score (nSPS) is 16.3. The van der Waals surface area contributed by atoms with E-state index in [1.54, 1.807) is 4.68 Å². The predicted molar refractivity (Wildman–Crippen MR) is 116 cm³/mol. The number of ketones is 1. The van der Waals surface area contributed by atoms with E-state index in [1.165, 1.54) is 11.8 Å². The Morgan fingerprint density at radius 2 is 2.00 bits per heavy atom. The molecule has 4 aromatic rings. The van der Waals surface area contributed by atoms with Gasteiger partial charge in [-0.1, -0.05) is 60.3 Å². The van der Waals surface area contributed by atoms with E-state index in [-0.39, 0.29) is 17.6 Å². The maximum absolute atomic E-state index is 13.3. The van der Waals surface area contributed by atoms with E-state index in [0.717, 1.165) is 41.6 Å². The van der Waals surface area contributed by atoms with Crippen molar-refractivity contribution in [3.8, 4) is 11.3 Å². The molecule has 1 aliphatic heterocycles. The number of hydrogen-bond donors (Lipinski definition) is 1. The van der Waals surface area contributed by atoms with Crippen molar-refractivity contribution in [2.24, 2.45) is 0 Å². The second kappa shape index (κ2) is 8.41. The first-order valence-electron chi connectivity index (χ1n) is 9.99. The summed E-state index contributed by atoms with van der Waals surface area (Å²) in [5, 5.41) is 13.5. The molecule has 1 aliphatic rings. The van der Waals surface area contributed by atoms with E-state index in [1.807, 2.05) is 54.6 Å². The quantitative estimate of drug-likeness (QED) is 0.360. The lowest BCUT2D eigenvalue weighted by Crippen LogP contribution is -2.17. The van der Waals surface area contributed by atoms with Crippen molar-refractivity contribution in [1.29, 1.82) is 0 Å². The van der Waals surface area contributed by atoms with Crippen molar-refractivity contribution >= 4 is 28.4 Å². The van der Waals surface area contributed by atoms with Crippen LogP contribution in [0.5, 0.6) is 0 Å². The van der Waals surface area contributed by atoms with Crippen LogP contribution < -0.4 is 0 Å². The summed E-state index contributed by atoms with van der Waals surface area (Å²) < 4.78 is 7.42. The number of H-pyrrole nitrogens is 1. The molecule has 1 fully saturated rings. The van der Waals surface area contributed by atoms with E-state index in [0.29, 0.717) is 17.3 Å². The molecule has 8 heteroatoms. The first kappa shape index (κ1) is 19.0. The second-order valence-electron chi connectivity index (χ2n) is 7.28. The number of Topliss-reactive ketones (excluding diaryl/α,β-unsaturated/α-hetero) is 1. The minimum absolute atomic E-state index is 0.0444. The first-order chi connectivity index (χ1) is 14.8. The highest BCUT2D eigenvalue weighted by Crippen LogP contribution is 2.32. The predicted octanol–water partition coefficient (Wildman–Crippen LogP) is 3.98. The molecule has 1 saturated heterocycles. The summed E-state index contributed by atoms with van der Waals surface area (Å²) in [5.74, 6) is 0.302.